The van der Waals surface area contributed by atoms with E-state index in [9.17, 15) is 9.60 Å². The Labute approximate surface area is 149 Å². The van der Waals surface area contributed by atoms with Gasteiger partial charge in [-0.1, -0.05) is 28.0 Å². The van der Waals surface area contributed by atoms with E-state index in [1.165, 1.54) is 12.1 Å². The highest BCUT2D eigenvalue weighted by Crippen LogP contribution is 2.18. The Kier molecular flexibility index (Phi) is 5.95. The van der Waals surface area contributed by atoms with Crippen LogP contribution in [-0.4, -0.2) is 40.9 Å². The number of benzene rings is 1. The fourth-order valence-electron chi connectivity index (χ4n) is 2.83. The number of nitrogens with one attached hydrogen (secondary N) is 2. The van der Waals surface area contributed by atoms with Crippen molar-refractivity contribution in [3.05, 3.63) is 46.0 Å². The van der Waals surface area contributed by atoms with Gasteiger partial charge in [-0.3, -0.25) is 0 Å². The van der Waals surface area contributed by atoms with Crippen LogP contribution in [0, 0.1) is 11.7 Å². The number of nitrogens with zero attached hydrogens (tertiary/aromatic N) is 3. The molecule has 0 saturated carbocycles. The molecular weight excluding hydrogens is 349 g/mol. The van der Waals surface area contributed by atoms with Crippen molar-refractivity contribution < 1.29 is 14.2 Å². The maximum absolute atomic E-state index is 13.3. The van der Waals surface area contributed by atoms with E-state index >= 15 is 0 Å². The van der Waals surface area contributed by atoms with E-state index in [1.807, 2.05) is 0 Å². The first kappa shape index (κ1) is 17.8. The maximum atomic E-state index is 13.3. The molecule has 1 fully saturated rings. The van der Waals surface area contributed by atoms with Crippen molar-refractivity contribution in [2.75, 3.05) is 19.6 Å². The summed E-state index contributed by atoms with van der Waals surface area (Å²) in [6.07, 6.45) is 1.37. The molecule has 25 heavy (non-hydrogen) atoms. The van der Waals surface area contributed by atoms with Crippen LogP contribution in [0.5, 0.6) is 0 Å². The van der Waals surface area contributed by atoms with Gasteiger partial charge in [0.15, 0.2) is 5.69 Å². The van der Waals surface area contributed by atoms with Crippen molar-refractivity contribution in [1.29, 1.82) is 0 Å². The third-order valence-corrected chi connectivity index (χ3v) is 4.48. The number of rotatable bonds is 7. The Balaban J connectivity index is 1.64. The van der Waals surface area contributed by atoms with Gasteiger partial charge in [-0.25, -0.2) is 9.02 Å². The van der Waals surface area contributed by atoms with Crippen LogP contribution < -0.4 is 10.6 Å². The number of hydrogen-bond acceptors (Lipinski definition) is 7. The highest BCUT2D eigenvalue weighted by molar-refractivity contribution is 6.30. The van der Waals surface area contributed by atoms with Crippen LogP contribution in [0.2, 0.25) is 5.02 Å². The predicted octanol–water partition coefficient (Wildman–Crippen LogP) is 1.98. The van der Waals surface area contributed by atoms with Crippen LogP contribution in [-0.2, 0) is 13.0 Å². The molecule has 3 N–H and O–H groups in total. The Morgan fingerprint density at radius 1 is 1.48 bits per heavy atom. The van der Waals surface area contributed by atoms with E-state index in [1.54, 1.807) is 6.07 Å². The van der Waals surface area contributed by atoms with Gasteiger partial charge in [0.2, 0.25) is 0 Å². The molecule has 1 unspecified atom stereocenters. The molecule has 0 bridgehead atoms. The van der Waals surface area contributed by atoms with Crippen molar-refractivity contribution in [1.82, 2.24) is 20.9 Å². The minimum absolute atomic E-state index is 0.0140. The molecule has 1 aliphatic heterocycles. The number of hydrogen-bond donors (Lipinski definition) is 3. The molecule has 1 saturated heterocycles. The van der Waals surface area contributed by atoms with Crippen LogP contribution in [0.25, 0.3) is 0 Å². The highest BCUT2D eigenvalue weighted by atomic mass is 35.5. The van der Waals surface area contributed by atoms with Crippen LogP contribution in [0.1, 0.15) is 23.4 Å². The summed E-state index contributed by atoms with van der Waals surface area (Å²) >= 11 is 5.79. The van der Waals surface area contributed by atoms with Crippen LogP contribution in [0.15, 0.2) is 28.0 Å². The number of oxime groups is 1. The molecule has 0 amide bonds. The van der Waals surface area contributed by atoms with Gasteiger partial charge in [-0.05, 0) is 54.8 Å². The fourth-order valence-corrected chi connectivity index (χ4v) is 3.04. The van der Waals surface area contributed by atoms with Gasteiger partial charge in [0, 0.05) is 13.0 Å². The monoisotopic (exact) mass is 367 g/mol. The van der Waals surface area contributed by atoms with E-state index in [0.29, 0.717) is 29.4 Å². The van der Waals surface area contributed by atoms with Crippen LogP contribution in [0.3, 0.4) is 0 Å². The minimum Gasteiger partial charge on any atom is -0.411 e. The minimum atomic E-state index is -0.498. The normalized spacial score (nSPS) is 18.0. The van der Waals surface area contributed by atoms with Crippen molar-refractivity contribution >= 4 is 17.3 Å². The summed E-state index contributed by atoms with van der Waals surface area (Å²) in [5.74, 6) is 0.0953. The van der Waals surface area contributed by atoms with E-state index in [4.69, 9.17) is 16.2 Å². The average Bonchev–Trinajstić information content (AvgIpc) is 3.28. The van der Waals surface area contributed by atoms with Crippen molar-refractivity contribution in [2.45, 2.75) is 19.4 Å². The number of halogens is 2. The zero-order chi connectivity index (χ0) is 17.6. The van der Waals surface area contributed by atoms with Crippen molar-refractivity contribution in [2.24, 2.45) is 11.1 Å². The Bertz CT molecular complexity index is 746. The lowest BCUT2D eigenvalue weighted by Gasteiger charge is -2.09. The van der Waals surface area contributed by atoms with E-state index in [2.05, 4.69) is 26.1 Å². The standard InChI is InChI=1S/C16H19ClFN5O2/c17-12-5-10(1-2-13(12)18)6-14(21-24)16-15(22-25-23-16)9-20-8-11-3-4-19-7-11/h1-2,5,11,19-20,24H,3-4,6-9H2. The SMILES string of the molecule is ON=C(Cc1ccc(F)c(Cl)c1)c1nonc1CNCC1CCNC1. The molecule has 3 rings (SSSR count). The third-order valence-electron chi connectivity index (χ3n) is 4.19. The summed E-state index contributed by atoms with van der Waals surface area (Å²) in [7, 11) is 0. The van der Waals surface area contributed by atoms with Crippen LogP contribution >= 0.6 is 11.6 Å². The second-order valence-electron chi connectivity index (χ2n) is 6.02. The molecule has 1 aromatic heterocycles. The Morgan fingerprint density at radius 2 is 2.36 bits per heavy atom. The summed E-state index contributed by atoms with van der Waals surface area (Å²) in [5, 5.41) is 27.0. The largest absolute Gasteiger partial charge is 0.411 e. The van der Waals surface area contributed by atoms with E-state index in [0.717, 1.165) is 26.1 Å². The van der Waals surface area contributed by atoms with Crippen molar-refractivity contribution in [3.8, 4) is 0 Å². The predicted molar refractivity (Wildman–Crippen MR) is 90.4 cm³/mol. The molecule has 0 radical (unpaired) electrons. The third kappa shape index (κ3) is 4.53. The highest BCUT2D eigenvalue weighted by Gasteiger charge is 2.19. The number of aromatic nitrogens is 2. The lowest BCUT2D eigenvalue weighted by Crippen LogP contribution is -2.25. The van der Waals surface area contributed by atoms with Crippen LogP contribution in [0.4, 0.5) is 4.39 Å². The average molecular weight is 368 g/mol. The van der Waals surface area contributed by atoms with Gasteiger partial charge < -0.3 is 15.8 Å². The smallest absolute Gasteiger partial charge is 0.157 e. The lowest BCUT2D eigenvalue weighted by atomic mass is 10.0. The molecule has 1 atom stereocenters. The fraction of sp³-hybridized carbons (Fsp3) is 0.438. The lowest BCUT2D eigenvalue weighted by molar-refractivity contribution is 0.299. The van der Waals surface area contributed by atoms with Crippen molar-refractivity contribution in [3.63, 3.8) is 0 Å². The first-order valence-corrected chi connectivity index (χ1v) is 8.43. The summed E-state index contributed by atoms with van der Waals surface area (Å²) in [5.41, 5.74) is 1.91. The topological polar surface area (TPSA) is 95.6 Å². The summed E-state index contributed by atoms with van der Waals surface area (Å²) in [6.45, 7) is 3.37. The molecule has 7 nitrogen and oxygen atoms in total. The molecule has 9 heteroatoms. The molecule has 0 spiro atoms. The van der Waals surface area contributed by atoms with E-state index in [-0.39, 0.29) is 17.2 Å². The maximum Gasteiger partial charge on any atom is 0.157 e. The zero-order valence-electron chi connectivity index (χ0n) is 13.5. The second-order valence-corrected chi connectivity index (χ2v) is 6.43. The Morgan fingerprint density at radius 3 is 3.08 bits per heavy atom. The van der Waals surface area contributed by atoms with Gasteiger partial charge in [-0.15, -0.1) is 0 Å². The summed E-state index contributed by atoms with van der Waals surface area (Å²) < 4.78 is 18.1. The molecule has 2 heterocycles. The first-order chi connectivity index (χ1) is 12.2. The van der Waals surface area contributed by atoms with Gasteiger partial charge >= 0.3 is 0 Å². The van der Waals surface area contributed by atoms with Gasteiger partial charge in [0.1, 0.15) is 17.2 Å². The Hall–Kier alpha value is -2.03. The molecule has 2 aromatic rings. The summed E-state index contributed by atoms with van der Waals surface area (Å²) in [6, 6.07) is 4.33. The van der Waals surface area contributed by atoms with Gasteiger partial charge in [0.05, 0.1) is 5.02 Å². The molecule has 1 aromatic carbocycles. The molecular formula is C16H19ClFN5O2. The molecule has 1 aliphatic rings. The molecule has 0 aliphatic carbocycles. The van der Waals surface area contributed by atoms with Gasteiger partial charge in [0.25, 0.3) is 0 Å². The first-order valence-electron chi connectivity index (χ1n) is 8.05. The summed E-state index contributed by atoms with van der Waals surface area (Å²) in [4.78, 5) is 0. The quantitative estimate of drug-likeness (QED) is 0.393. The molecule has 134 valence electrons. The van der Waals surface area contributed by atoms with E-state index < -0.39 is 5.82 Å². The zero-order valence-corrected chi connectivity index (χ0v) is 14.3. The van der Waals surface area contributed by atoms with Gasteiger partial charge in [-0.2, -0.15) is 0 Å². The second kappa shape index (κ2) is 8.37.